The third-order valence-corrected chi connectivity index (χ3v) is 7.39. The first-order chi connectivity index (χ1) is 17.6. The van der Waals surface area contributed by atoms with Gasteiger partial charge in [-0.15, -0.1) is 0 Å². The molecule has 3 rings (SSSR count). The number of likely N-dealkylation sites (tertiary alicyclic amines) is 1. The number of benzene rings is 2. The van der Waals surface area contributed by atoms with Crippen LogP contribution in [0.5, 0.6) is 5.75 Å². The fourth-order valence-electron chi connectivity index (χ4n) is 5.06. The van der Waals surface area contributed by atoms with Gasteiger partial charge < -0.3 is 9.64 Å². The van der Waals surface area contributed by atoms with Crippen molar-refractivity contribution in [1.82, 2.24) is 4.90 Å². The molecule has 204 valence electrons. The summed E-state index contributed by atoms with van der Waals surface area (Å²) in [4.78, 5) is 24.1. The van der Waals surface area contributed by atoms with Crippen molar-refractivity contribution in [2.75, 3.05) is 13.1 Å². The largest absolute Gasteiger partial charge is 0.487 e. The van der Waals surface area contributed by atoms with Gasteiger partial charge in [0.2, 0.25) is 5.91 Å². The summed E-state index contributed by atoms with van der Waals surface area (Å²) < 4.78 is 19.5. The average Bonchev–Trinajstić information content (AvgIpc) is 2.86. The van der Waals surface area contributed by atoms with Gasteiger partial charge in [-0.3, -0.25) is 9.59 Å². The van der Waals surface area contributed by atoms with Gasteiger partial charge in [-0.25, -0.2) is 4.39 Å². The number of amides is 1. The average molecular weight is 512 g/mol. The van der Waals surface area contributed by atoms with Gasteiger partial charge in [0.15, 0.2) is 17.3 Å². The zero-order valence-corrected chi connectivity index (χ0v) is 23.7. The summed E-state index contributed by atoms with van der Waals surface area (Å²) in [5, 5.41) is 0. The predicted molar refractivity (Wildman–Crippen MR) is 150 cm³/mol. The standard InChI is InChI=1S/C17H28.C15H18FNO3/c1-5-7-13-17(4,12-6-2)14-16-11-9-8-10-15(16)3;1-10(18)12-3-4-15(14(16)9-12)20-13-5-7-17(8-6-13)11(2)19/h8-11H,5-7,12-14H2,1-4H3;3-4,9,13H,5-8H2,1-2H3. The summed E-state index contributed by atoms with van der Waals surface area (Å²) in [7, 11) is 0. The Morgan fingerprint density at radius 1 is 1.03 bits per heavy atom. The molecule has 0 bridgehead atoms. The number of aryl methyl sites for hydroxylation is 1. The van der Waals surface area contributed by atoms with E-state index in [9.17, 15) is 14.0 Å². The second-order valence-corrected chi connectivity index (χ2v) is 10.8. The van der Waals surface area contributed by atoms with E-state index in [-0.39, 0.29) is 23.5 Å². The molecule has 0 N–H and O–H groups in total. The smallest absolute Gasteiger partial charge is 0.219 e. The van der Waals surface area contributed by atoms with E-state index in [4.69, 9.17) is 4.74 Å². The maximum atomic E-state index is 13.8. The van der Waals surface area contributed by atoms with E-state index in [0.717, 1.165) is 0 Å². The molecule has 1 saturated heterocycles. The molecule has 2 aromatic carbocycles. The van der Waals surface area contributed by atoms with Crippen molar-refractivity contribution in [1.29, 1.82) is 0 Å². The molecular weight excluding hydrogens is 465 g/mol. The molecule has 0 spiro atoms. The van der Waals surface area contributed by atoms with Gasteiger partial charge in [-0.2, -0.15) is 0 Å². The quantitative estimate of drug-likeness (QED) is 0.304. The molecular formula is C32H46FNO3. The van der Waals surface area contributed by atoms with Gasteiger partial charge in [0, 0.05) is 38.4 Å². The minimum Gasteiger partial charge on any atom is -0.487 e. The lowest BCUT2D eigenvalue weighted by atomic mass is 9.75. The third-order valence-electron chi connectivity index (χ3n) is 7.39. The Bertz CT molecular complexity index is 1010. The van der Waals surface area contributed by atoms with Crippen LogP contribution in [0.3, 0.4) is 0 Å². The van der Waals surface area contributed by atoms with Crippen LogP contribution in [0.4, 0.5) is 4.39 Å². The van der Waals surface area contributed by atoms with E-state index in [1.807, 2.05) is 0 Å². The number of unbranched alkanes of at least 4 members (excludes halogenated alkanes) is 1. The second-order valence-electron chi connectivity index (χ2n) is 10.8. The molecule has 37 heavy (non-hydrogen) atoms. The van der Waals surface area contributed by atoms with Gasteiger partial charge in [0.05, 0.1) is 0 Å². The van der Waals surface area contributed by atoms with Crippen LogP contribution in [0, 0.1) is 18.2 Å². The first-order valence-electron chi connectivity index (χ1n) is 13.9. The summed E-state index contributed by atoms with van der Waals surface area (Å²) >= 11 is 0. The molecule has 0 radical (unpaired) electrons. The lowest BCUT2D eigenvalue weighted by Crippen LogP contribution is -2.40. The minimum atomic E-state index is -0.522. The maximum absolute atomic E-state index is 13.8. The molecule has 0 saturated carbocycles. The van der Waals surface area contributed by atoms with Gasteiger partial charge in [-0.1, -0.05) is 64.3 Å². The van der Waals surface area contributed by atoms with E-state index in [2.05, 4.69) is 52.0 Å². The number of piperidine rings is 1. The van der Waals surface area contributed by atoms with Crippen LogP contribution < -0.4 is 4.74 Å². The van der Waals surface area contributed by atoms with Crippen molar-refractivity contribution in [2.45, 2.75) is 99.0 Å². The molecule has 1 fully saturated rings. The first-order valence-corrected chi connectivity index (χ1v) is 13.9. The topological polar surface area (TPSA) is 46.6 Å². The van der Waals surface area contributed by atoms with Crippen LogP contribution in [-0.2, 0) is 11.2 Å². The van der Waals surface area contributed by atoms with Gasteiger partial charge in [0.1, 0.15) is 6.10 Å². The summed E-state index contributed by atoms with van der Waals surface area (Å²) in [5.74, 6) is -0.478. The molecule has 0 aliphatic carbocycles. The van der Waals surface area contributed by atoms with Crippen LogP contribution in [0.25, 0.3) is 0 Å². The van der Waals surface area contributed by atoms with E-state index in [0.29, 0.717) is 36.9 Å². The lowest BCUT2D eigenvalue weighted by Gasteiger charge is -2.31. The van der Waals surface area contributed by atoms with Crippen molar-refractivity contribution < 1.29 is 18.7 Å². The number of hydrogen-bond donors (Lipinski definition) is 0. The van der Waals surface area contributed by atoms with E-state index < -0.39 is 5.82 Å². The molecule has 1 atom stereocenters. The Kier molecular flexibility index (Phi) is 12.3. The number of halogens is 1. The molecule has 1 heterocycles. The second kappa shape index (κ2) is 14.9. The van der Waals surface area contributed by atoms with Crippen LogP contribution in [-0.4, -0.2) is 35.8 Å². The minimum absolute atomic E-state index is 0.0560. The van der Waals surface area contributed by atoms with Crippen molar-refractivity contribution >= 4 is 11.7 Å². The van der Waals surface area contributed by atoms with Gasteiger partial charge >= 0.3 is 0 Å². The molecule has 1 aliphatic rings. The summed E-state index contributed by atoms with van der Waals surface area (Å²) in [6.45, 7) is 13.5. The number of nitrogens with zero attached hydrogens (tertiary/aromatic N) is 1. The van der Waals surface area contributed by atoms with Crippen molar-refractivity contribution in [3.63, 3.8) is 0 Å². The highest BCUT2D eigenvalue weighted by Crippen LogP contribution is 2.34. The number of rotatable bonds is 10. The molecule has 4 nitrogen and oxygen atoms in total. The zero-order chi connectivity index (χ0) is 27.4. The van der Waals surface area contributed by atoms with Crippen LogP contribution in [0.15, 0.2) is 42.5 Å². The van der Waals surface area contributed by atoms with Crippen molar-refractivity contribution in [3.05, 3.63) is 65.0 Å². The summed E-state index contributed by atoms with van der Waals surface area (Å²) in [6.07, 6.45) is 9.21. The van der Waals surface area contributed by atoms with Crippen LogP contribution >= 0.6 is 0 Å². The Morgan fingerprint density at radius 3 is 2.24 bits per heavy atom. The number of ether oxygens (including phenoxy) is 1. The predicted octanol–water partition coefficient (Wildman–Crippen LogP) is 7.95. The highest BCUT2D eigenvalue weighted by atomic mass is 19.1. The Hall–Kier alpha value is -2.69. The number of Topliss-reactive ketones (excluding diaryl/α,β-unsaturated/α-hetero) is 1. The van der Waals surface area contributed by atoms with E-state index in [1.165, 1.54) is 63.1 Å². The van der Waals surface area contributed by atoms with E-state index >= 15 is 0 Å². The highest BCUT2D eigenvalue weighted by molar-refractivity contribution is 5.94. The normalized spacial score (nSPS) is 15.4. The molecule has 1 aliphatic heterocycles. The monoisotopic (exact) mass is 511 g/mol. The molecule has 5 heteroatoms. The SMILES string of the molecule is CC(=O)c1ccc(OC2CCN(C(C)=O)CC2)c(F)c1.CCCCC(C)(CCC)Cc1ccccc1C. The molecule has 0 aromatic heterocycles. The van der Waals surface area contributed by atoms with Crippen LogP contribution in [0.1, 0.15) is 101 Å². The van der Waals surface area contributed by atoms with Crippen LogP contribution in [0.2, 0.25) is 0 Å². The third kappa shape index (κ3) is 9.94. The summed E-state index contributed by atoms with van der Waals surface area (Å²) in [5.41, 5.74) is 3.82. The molecule has 2 aromatic rings. The number of ketones is 1. The molecule has 1 amide bonds. The lowest BCUT2D eigenvalue weighted by molar-refractivity contribution is -0.130. The Labute approximate surface area is 223 Å². The first kappa shape index (κ1) is 30.5. The Balaban J connectivity index is 0.000000264. The number of hydrogen-bond acceptors (Lipinski definition) is 3. The van der Waals surface area contributed by atoms with Gasteiger partial charge in [0.25, 0.3) is 0 Å². The number of carbonyl (C=O) groups excluding carboxylic acids is 2. The Morgan fingerprint density at radius 2 is 1.70 bits per heavy atom. The van der Waals surface area contributed by atoms with Gasteiger partial charge in [-0.05, 0) is 67.9 Å². The summed E-state index contributed by atoms with van der Waals surface area (Å²) in [6, 6.07) is 13.1. The van der Waals surface area contributed by atoms with Crippen molar-refractivity contribution in [2.24, 2.45) is 5.41 Å². The van der Waals surface area contributed by atoms with E-state index in [1.54, 1.807) is 23.5 Å². The zero-order valence-electron chi connectivity index (χ0n) is 23.7. The molecule has 1 unspecified atom stereocenters. The fourth-order valence-corrected chi connectivity index (χ4v) is 5.06. The maximum Gasteiger partial charge on any atom is 0.219 e. The van der Waals surface area contributed by atoms with Crippen molar-refractivity contribution in [3.8, 4) is 5.75 Å². The highest BCUT2D eigenvalue weighted by Gasteiger charge is 2.24. The number of carbonyl (C=O) groups is 2. The fraction of sp³-hybridized carbons (Fsp3) is 0.562.